The lowest BCUT2D eigenvalue weighted by Gasteiger charge is -1.81. The number of nitrogens with two attached hydrogens (primary N) is 1. The van der Waals surface area contributed by atoms with Crippen LogP contribution in [-0.4, -0.2) is 5.16 Å². The second kappa shape index (κ2) is 3.60. The van der Waals surface area contributed by atoms with Gasteiger partial charge in [-0.15, -0.1) is 23.7 Å². The second-order valence-corrected chi connectivity index (χ2v) is 3.04. The van der Waals surface area contributed by atoms with Crippen LogP contribution in [0.25, 0.3) is 10.6 Å². The number of nitrogens with zero attached hydrogens (tertiary/aromatic N) is 1. The van der Waals surface area contributed by atoms with E-state index in [4.69, 9.17) is 10.3 Å². The second-order valence-electron chi connectivity index (χ2n) is 2.09. The van der Waals surface area contributed by atoms with Crippen molar-refractivity contribution in [1.29, 1.82) is 0 Å². The summed E-state index contributed by atoms with van der Waals surface area (Å²) in [5.41, 5.74) is 6.16. The zero-order chi connectivity index (χ0) is 7.68. The lowest BCUT2D eigenvalue weighted by atomic mass is 10.3. The molecule has 12 heavy (non-hydrogen) atoms. The van der Waals surface area contributed by atoms with E-state index in [-0.39, 0.29) is 12.4 Å². The summed E-state index contributed by atoms with van der Waals surface area (Å²) in [7, 11) is 0. The lowest BCUT2D eigenvalue weighted by molar-refractivity contribution is 0.439. The van der Waals surface area contributed by atoms with E-state index in [9.17, 15) is 0 Å². The molecule has 0 saturated carbocycles. The summed E-state index contributed by atoms with van der Waals surface area (Å²) in [5.74, 6) is 0.355. The third kappa shape index (κ3) is 1.60. The van der Waals surface area contributed by atoms with Gasteiger partial charge in [0.05, 0.1) is 4.88 Å². The molecule has 0 bridgehead atoms. The molecule has 0 aromatic carbocycles. The van der Waals surface area contributed by atoms with Gasteiger partial charge in [0.1, 0.15) is 5.69 Å². The fraction of sp³-hybridized carbons (Fsp3) is 0. The van der Waals surface area contributed by atoms with Crippen LogP contribution in [0.1, 0.15) is 0 Å². The van der Waals surface area contributed by atoms with Crippen molar-refractivity contribution in [3.05, 3.63) is 23.6 Å². The molecule has 0 spiro atoms. The average molecular weight is 203 g/mol. The SMILES string of the molecule is Cl.Nc1cc(-c2cccs2)no1. The van der Waals surface area contributed by atoms with Gasteiger partial charge >= 0.3 is 0 Å². The van der Waals surface area contributed by atoms with Crippen molar-refractivity contribution in [2.45, 2.75) is 0 Å². The third-order valence-corrected chi connectivity index (χ3v) is 2.19. The first kappa shape index (κ1) is 9.09. The van der Waals surface area contributed by atoms with Gasteiger partial charge in [-0.05, 0) is 11.4 Å². The quantitative estimate of drug-likeness (QED) is 0.773. The molecule has 0 amide bonds. The van der Waals surface area contributed by atoms with Crippen LogP contribution in [0, 0.1) is 0 Å². The maximum absolute atomic E-state index is 5.36. The molecule has 0 aliphatic carbocycles. The van der Waals surface area contributed by atoms with Crippen LogP contribution in [-0.2, 0) is 0 Å². The molecule has 2 aromatic heterocycles. The summed E-state index contributed by atoms with van der Waals surface area (Å²) < 4.78 is 4.72. The van der Waals surface area contributed by atoms with Crippen LogP contribution >= 0.6 is 23.7 Å². The van der Waals surface area contributed by atoms with E-state index >= 15 is 0 Å². The Morgan fingerprint density at radius 1 is 1.50 bits per heavy atom. The Kier molecular flexibility index (Phi) is 2.73. The standard InChI is InChI=1S/C7H6N2OS.ClH/c8-7-4-5(9-10-7)6-2-1-3-11-6;/h1-4H,8H2;1H. The highest BCUT2D eigenvalue weighted by atomic mass is 35.5. The third-order valence-electron chi connectivity index (χ3n) is 1.30. The zero-order valence-corrected chi connectivity index (χ0v) is 7.69. The van der Waals surface area contributed by atoms with Crippen molar-refractivity contribution in [1.82, 2.24) is 5.16 Å². The van der Waals surface area contributed by atoms with Gasteiger partial charge in [-0.2, -0.15) is 0 Å². The van der Waals surface area contributed by atoms with Gasteiger partial charge in [-0.25, -0.2) is 0 Å². The number of thiophene rings is 1. The topological polar surface area (TPSA) is 52.0 Å². The van der Waals surface area contributed by atoms with Crippen LogP contribution in [0.4, 0.5) is 5.88 Å². The van der Waals surface area contributed by atoms with Gasteiger partial charge in [0.15, 0.2) is 0 Å². The number of anilines is 1. The Morgan fingerprint density at radius 3 is 2.83 bits per heavy atom. The summed E-state index contributed by atoms with van der Waals surface area (Å²) in [6, 6.07) is 5.65. The fourth-order valence-corrected chi connectivity index (χ4v) is 1.51. The molecule has 0 fully saturated rings. The molecule has 2 N–H and O–H groups in total. The summed E-state index contributed by atoms with van der Waals surface area (Å²) in [6.07, 6.45) is 0. The number of hydrogen-bond donors (Lipinski definition) is 1. The molecule has 3 nitrogen and oxygen atoms in total. The van der Waals surface area contributed by atoms with Gasteiger partial charge in [0.2, 0.25) is 5.88 Å². The van der Waals surface area contributed by atoms with E-state index in [2.05, 4.69) is 5.16 Å². The van der Waals surface area contributed by atoms with Crippen molar-refractivity contribution in [2.24, 2.45) is 0 Å². The van der Waals surface area contributed by atoms with Crippen molar-refractivity contribution >= 4 is 29.6 Å². The molecule has 64 valence electrons. The Bertz CT molecular complexity index is 344. The molecule has 2 rings (SSSR count). The van der Waals surface area contributed by atoms with E-state index in [1.54, 1.807) is 17.4 Å². The maximum atomic E-state index is 5.36. The molecule has 2 aromatic rings. The minimum Gasteiger partial charge on any atom is -0.368 e. The molecule has 0 saturated heterocycles. The van der Waals surface area contributed by atoms with Crippen molar-refractivity contribution in [3.8, 4) is 10.6 Å². The zero-order valence-electron chi connectivity index (χ0n) is 6.06. The Labute approximate surface area is 79.6 Å². The van der Waals surface area contributed by atoms with Gasteiger partial charge < -0.3 is 10.3 Å². The first-order chi connectivity index (χ1) is 5.36. The van der Waals surface area contributed by atoms with E-state index in [0.717, 1.165) is 10.6 Å². The molecule has 0 radical (unpaired) electrons. The van der Waals surface area contributed by atoms with Gasteiger partial charge in [0.25, 0.3) is 0 Å². The minimum absolute atomic E-state index is 0. The summed E-state index contributed by atoms with van der Waals surface area (Å²) in [5, 5.41) is 5.75. The van der Waals surface area contributed by atoms with Crippen LogP contribution in [0.2, 0.25) is 0 Å². The highest BCUT2D eigenvalue weighted by Crippen LogP contribution is 2.24. The normalized spacial score (nSPS) is 9.33. The maximum Gasteiger partial charge on any atom is 0.222 e. The molecular formula is C7H7ClN2OS. The van der Waals surface area contributed by atoms with E-state index in [0.29, 0.717) is 5.88 Å². The highest BCUT2D eigenvalue weighted by Gasteiger charge is 2.03. The number of aromatic nitrogens is 1. The molecule has 5 heteroatoms. The molecule has 0 aliphatic heterocycles. The van der Waals surface area contributed by atoms with Gasteiger partial charge in [-0.3, -0.25) is 0 Å². The lowest BCUT2D eigenvalue weighted by Crippen LogP contribution is -1.75. The van der Waals surface area contributed by atoms with E-state index < -0.39 is 0 Å². The number of nitrogen functional groups attached to an aromatic ring is 1. The molecular weight excluding hydrogens is 196 g/mol. The van der Waals surface area contributed by atoms with E-state index in [1.165, 1.54) is 0 Å². The van der Waals surface area contributed by atoms with Crippen molar-refractivity contribution in [3.63, 3.8) is 0 Å². The number of rotatable bonds is 1. The summed E-state index contributed by atoms with van der Waals surface area (Å²) in [6.45, 7) is 0. The predicted molar refractivity (Wildman–Crippen MR) is 51.5 cm³/mol. The monoisotopic (exact) mass is 202 g/mol. The number of halogens is 1. The van der Waals surface area contributed by atoms with Crippen LogP contribution < -0.4 is 5.73 Å². The largest absolute Gasteiger partial charge is 0.368 e. The minimum atomic E-state index is 0. The smallest absolute Gasteiger partial charge is 0.222 e. The average Bonchev–Trinajstić information content (AvgIpc) is 2.55. The molecule has 0 atom stereocenters. The Morgan fingerprint density at radius 2 is 2.33 bits per heavy atom. The Balaban J connectivity index is 0.000000720. The van der Waals surface area contributed by atoms with Crippen LogP contribution in [0.5, 0.6) is 0 Å². The number of hydrogen-bond acceptors (Lipinski definition) is 4. The van der Waals surface area contributed by atoms with Gasteiger partial charge in [0, 0.05) is 6.07 Å². The summed E-state index contributed by atoms with van der Waals surface area (Å²) in [4.78, 5) is 1.07. The van der Waals surface area contributed by atoms with Crippen LogP contribution in [0.15, 0.2) is 28.1 Å². The Hall–Kier alpha value is -1.00. The fourth-order valence-electron chi connectivity index (χ4n) is 0.830. The highest BCUT2D eigenvalue weighted by molar-refractivity contribution is 7.13. The predicted octanol–water partition coefficient (Wildman–Crippen LogP) is 2.41. The summed E-state index contributed by atoms with van der Waals surface area (Å²) >= 11 is 1.61. The van der Waals surface area contributed by atoms with Crippen molar-refractivity contribution < 1.29 is 4.52 Å². The molecule has 2 heterocycles. The van der Waals surface area contributed by atoms with Crippen LogP contribution in [0.3, 0.4) is 0 Å². The molecule has 0 unspecified atom stereocenters. The molecule has 0 aliphatic rings. The first-order valence-corrected chi connectivity index (χ1v) is 4.00. The van der Waals surface area contributed by atoms with Gasteiger partial charge in [-0.1, -0.05) is 11.2 Å². The van der Waals surface area contributed by atoms with Crippen molar-refractivity contribution in [2.75, 3.05) is 5.73 Å². The first-order valence-electron chi connectivity index (χ1n) is 3.12. The van der Waals surface area contributed by atoms with E-state index in [1.807, 2.05) is 17.5 Å².